The molecule has 0 spiro atoms. The van der Waals surface area contributed by atoms with E-state index in [1.165, 1.54) is 0 Å². The zero-order valence-electron chi connectivity index (χ0n) is 12.7. The summed E-state index contributed by atoms with van der Waals surface area (Å²) in [6, 6.07) is 15.4. The van der Waals surface area contributed by atoms with E-state index in [4.69, 9.17) is 0 Å². The van der Waals surface area contributed by atoms with Gasteiger partial charge in [0.2, 0.25) is 0 Å². The van der Waals surface area contributed by atoms with Crippen LogP contribution in [0.25, 0.3) is 21.8 Å². The topological polar surface area (TPSA) is 54.9 Å². The van der Waals surface area contributed by atoms with Crippen molar-refractivity contribution in [1.82, 2.24) is 8.75 Å². The average molecular weight is 398 g/mol. The maximum Gasteiger partial charge on any atom is 0.256 e. The van der Waals surface area contributed by atoms with Gasteiger partial charge in [0.1, 0.15) is 11.0 Å². The first-order valence-electron chi connectivity index (χ1n) is 7.35. The number of halogens is 1. The fourth-order valence-electron chi connectivity index (χ4n) is 2.76. The summed E-state index contributed by atoms with van der Waals surface area (Å²) in [7, 11) is 0. The average Bonchev–Trinajstić information content (AvgIpc) is 3.06. The summed E-state index contributed by atoms with van der Waals surface area (Å²) in [4.78, 5) is 12.9. The van der Waals surface area contributed by atoms with Gasteiger partial charge in [-0.2, -0.15) is 8.75 Å². The molecule has 0 saturated carbocycles. The van der Waals surface area contributed by atoms with Crippen LogP contribution in [-0.4, -0.2) is 14.7 Å². The van der Waals surface area contributed by atoms with Crippen LogP contribution in [0, 0.1) is 6.92 Å². The van der Waals surface area contributed by atoms with Gasteiger partial charge in [0, 0.05) is 10.0 Å². The van der Waals surface area contributed by atoms with E-state index in [2.05, 4.69) is 30.0 Å². The number of nitrogens with one attached hydrogen (secondary N) is 1. The highest BCUT2D eigenvalue weighted by Crippen LogP contribution is 2.29. The summed E-state index contributed by atoms with van der Waals surface area (Å²) in [6.07, 6.45) is 0. The van der Waals surface area contributed by atoms with Crippen LogP contribution in [0.5, 0.6) is 0 Å². The van der Waals surface area contributed by atoms with Crippen LogP contribution in [0.1, 0.15) is 15.9 Å². The van der Waals surface area contributed by atoms with Gasteiger partial charge in [0.05, 0.1) is 17.4 Å². The molecule has 0 radical (unpaired) electrons. The number of carbonyl (C=O) groups is 1. The number of carbonyl (C=O) groups excluding carboxylic acids is 1. The van der Waals surface area contributed by atoms with Gasteiger partial charge in [-0.3, -0.25) is 4.79 Å². The second kappa shape index (κ2) is 5.96. The molecule has 118 valence electrons. The molecule has 0 saturated heterocycles. The second-order valence-electron chi connectivity index (χ2n) is 5.48. The molecular weight excluding hydrogens is 386 g/mol. The molecule has 0 atom stereocenters. The zero-order valence-corrected chi connectivity index (χ0v) is 15.1. The Morgan fingerprint density at radius 3 is 2.71 bits per heavy atom. The molecule has 1 amide bonds. The highest BCUT2D eigenvalue weighted by molar-refractivity contribution is 9.10. The van der Waals surface area contributed by atoms with Gasteiger partial charge in [0.25, 0.3) is 5.91 Å². The van der Waals surface area contributed by atoms with Crippen LogP contribution in [0.2, 0.25) is 0 Å². The maximum atomic E-state index is 12.9. The van der Waals surface area contributed by atoms with Crippen molar-refractivity contribution >= 4 is 61.1 Å². The molecule has 4 nitrogen and oxygen atoms in total. The summed E-state index contributed by atoms with van der Waals surface area (Å²) >= 11 is 4.68. The third-order valence-corrected chi connectivity index (χ3v) is 5.22. The lowest BCUT2D eigenvalue weighted by atomic mass is 10.0. The number of amides is 1. The molecular formula is C18H12BrN3OS. The fraction of sp³-hybridized carbons (Fsp3) is 0.0556. The molecule has 6 heteroatoms. The van der Waals surface area contributed by atoms with E-state index in [9.17, 15) is 4.79 Å². The summed E-state index contributed by atoms with van der Waals surface area (Å²) in [5.74, 6) is -0.151. The standard InChI is InChI=1S/C18H12BrN3OS/c1-10-8-9-15-17(22-24-21-15)16(10)20-18(23)13-6-2-5-12-11(13)4-3-7-14(12)19/h2-9H,1H3,(H,20,23). The molecule has 1 N–H and O–H groups in total. The van der Waals surface area contributed by atoms with Crippen molar-refractivity contribution in [3.8, 4) is 0 Å². The first-order valence-corrected chi connectivity index (χ1v) is 8.88. The smallest absolute Gasteiger partial charge is 0.256 e. The van der Waals surface area contributed by atoms with Gasteiger partial charge in [-0.05, 0) is 41.5 Å². The Bertz CT molecular complexity index is 1090. The Labute approximate surface area is 151 Å². The Morgan fingerprint density at radius 1 is 1.04 bits per heavy atom. The highest BCUT2D eigenvalue weighted by atomic mass is 79.9. The van der Waals surface area contributed by atoms with E-state index in [1.54, 1.807) is 0 Å². The van der Waals surface area contributed by atoms with Crippen molar-refractivity contribution in [2.45, 2.75) is 6.92 Å². The molecule has 0 aliphatic rings. The van der Waals surface area contributed by atoms with E-state index in [0.717, 1.165) is 49.3 Å². The van der Waals surface area contributed by atoms with E-state index >= 15 is 0 Å². The lowest BCUT2D eigenvalue weighted by Gasteiger charge is -2.11. The number of benzene rings is 3. The number of aryl methyl sites for hydroxylation is 1. The largest absolute Gasteiger partial charge is 0.320 e. The Kier molecular flexibility index (Phi) is 3.78. The van der Waals surface area contributed by atoms with Gasteiger partial charge >= 0.3 is 0 Å². The van der Waals surface area contributed by atoms with E-state index in [1.807, 2.05) is 55.5 Å². The molecule has 24 heavy (non-hydrogen) atoms. The first-order chi connectivity index (χ1) is 11.6. The monoisotopic (exact) mass is 397 g/mol. The summed E-state index contributed by atoms with van der Waals surface area (Å²) in [6.45, 7) is 1.95. The number of nitrogens with zero attached hydrogens (tertiary/aromatic N) is 2. The summed E-state index contributed by atoms with van der Waals surface area (Å²) in [5.41, 5.74) is 3.84. The SMILES string of the molecule is Cc1ccc2nsnc2c1NC(=O)c1cccc2c(Br)cccc12. The van der Waals surface area contributed by atoms with Gasteiger partial charge in [0.15, 0.2) is 0 Å². The molecule has 1 aromatic heterocycles. The third-order valence-electron chi connectivity index (χ3n) is 3.99. The number of hydrogen-bond acceptors (Lipinski definition) is 4. The minimum Gasteiger partial charge on any atom is -0.320 e. The number of hydrogen-bond donors (Lipinski definition) is 1. The van der Waals surface area contributed by atoms with Crippen molar-refractivity contribution in [2.75, 3.05) is 5.32 Å². The van der Waals surface area contributed by atoms with Crippen LogP contribution in [-0.2, 0) is 0 Å². The van der Waals surface area contributed by atoms with E-state index in [-0.39, 0.29) is 5.91 Å². The minimum absolute atomic E-state index is 0.151. The molecule has 4 aromatic rings. The highest BCUT2D eigenvalue weighted by Gasteiger charge is 2.15. The quantitative estimate of drug-likeness (QED) is 0.507. The van der Waals surface area contributed by atoms with Gasteiger partial charge in [-0.1, -0.05) is 46.3 Å². The Balaban J connectivity index is 1.81. The predicted octanol–water partition coefficient (Wildman–Crippen LogP) is 5.17. The lowest BCUT2D eigenvalue weighted by Crippen LogP contribution is -2.13. The van der Waals surface area contributed by atoms with Crippen LogP contribution < -0.4 is 5.32 Å². The van der Waals surface area contributed by atoms with Crippen molar-refractivity contribution < 1.29 is 4.79 Å². The van der Waals surface area contributed by atoms with Gasteiger partial charge < -0.3 is 5.32 Å². The fourth-order valence-corrected chi connectivity index (χ4v) is 3.80. The molecule has 0 bridgehead atoms. The van der Waals surface area contributed by atoms with E-state index < -0.39 is 0 Å². The molecule has 0 aliphatic carbocycles. The van der Waals surface area contributed by atoms with Crippen LogP contribution in [0.4, 0.5) is 5.69 Å². The zero-order chi connectivity index (χ0) is 16.7. The molecule has 0 fully saturated rings. The third kappa shape index (κ3) is 2.48. The number of anilines is 1. The normalized spacial score (nSPS) is 11.1. The van der Waals surface area contributed by atoms with Crippen LogP contribution >= 0.6 is 27.7 Å². The van der Waals surface area contributed by atoms with Crippen molar-refractivity contribution in [3.05, 3.63) is 64.1 Å². The van der Waals surface area contributed by atoms with E-state index in [0.29, 0.717) is 5.56 Å². The summed E-state index contributed by atoms with van der Waals surface area (Å²) in [5, 5.41) is 4.93. The molecule has 0 unspecified atom stereocenters. The first kappa shape index (κ1) is 15.2. The Hall–Kier alpha value is -2.31. The van der Waals surface area contributed by atoms with Crippen molar-refractivity contribution in [1.29, 1.82) is 0 Å². The minimum atomic E-state index is -0.151. The predicted molar refractivity (Wildman–Crippen MR) is 102 cm³/mol. The Morgan fingerprint density at radius 2 is 1.83 bits per heavy atom. The molecule has 1 heterocycles. The molecule has 4 rings (SSSR count). The van der Waals surface area contributed by atoms with Crippen LogP contribution in [0.15, 0.2) is 53.0 Å². The summed E-state index contributed by atoms with van der Waals surface area (Å²) < 4.78 is 9.52. The molecule has 3 aromatic carbocycles. The van der Waals surface area contributed by atoms with Crippen molar-refractivity contribution in [2.24, 2.45) is 0 Å². The number of aromatic nitrogens is 2. The number of fused-ring (bicyclic) bond motifs is 2. The van der Waals surface area contributed by atoms with Crippen molar-refractivity contribution in [3.63, 3.8) is 0 Å². The van der Waals surface area contributed by atoms with Gasteiger partial charge in [-0.25, -0.2) is 0 Å². The van der Waals surface area contributed by atoms with Gasteiger partial charge in [-0.15, -0.1) is 0 Å². The lowest BCUT2D eigenvalue weighted by molar-refractivity contribution is 0.102. The molecule has 0 aliphatic heterocycles. The second-order valence-corrected chi connectivity index (χ2v) is 6.87. The van der Waals surface area contributed by atoms with Crippen LogP contribution in [0.3, 0.4) is 0 Å². The maximum absolute atomic E-state index is 12.9. The number of rotatable bonds is 2.